The lowest BCUT2D eigenvalue weighted by molar-refractivity contribution is -0.122. The summed E-state index contributed by atoms with van der Waals surface area (Å²) in [7, 11) is 0. The Morgan fingerprint density at radius 2 is 1.95 bits per heavy atom. The highest BCUT2D eigenvalue weighted by molar-refractivity contribution is 9.10. The van der Waals surface area contributed by atoms with E-state index in [0.717, 1.165) is 36.9 Å². The molecule has 1 unspecified atom stereocenters. The summed E-state index contributed by atoms with van der Waals surface area (Å²) in [6.07, 6.45) is 2.82. The van der Waals surface area contributed by atoms with Gasteiger partial charge in [-0.2, -0.15) is 0 Å². The van der Waals surface area contributed by atoms with E-state index in [9.17, 15) is 4.79 Å². The topological polar surface area (TPSA) is 41.1 Å². The third-order valence-electron chi connectivity index (χ3n) is 4.45. The van der Waals surface area contributed by atoms with E-state index in [4.69, 9.17) is 0 Å². The maximum atomic E-state index is 12.1. The van der Waals surface area contributed by atoms with Gasteiger partial charge in [-0.05, 0) is 55.0 Å². The Morgan fingerprint density at radius 3 is 2.57 bits per heavy atom. The van der Waals surface area contributed by atoms with Crippen molar-refractivity contribution in [1.82, 2.24) is 10.6 Å². The summed E-state index contributed by atoms with van der Waals surface area (Å²) in [4.78, 5) is 12.1. The fourth-order valence-corrected chi connectivity index (χ4v) is 3.04. The van der Waals surface area contributed by atoms with Gasteiger partial charge in [0.05, 0.1) is 0 Å². The van der Waals surface area contributed by atoms with Crippen LogP contribution in [0.15, 0.2) is 28.7 Å². The maximum absolute atomic E-state index is 12.1. The Balaban J connectivity index is 1.79. The van der Waals surface area contributed by atoms with Crippen molar-refractivity contribution in [3.63, 3.8) is 0 Å². The number of piperidine rings is 1. The standard InChI is InChI=1S/C17H25BrN2O/c1-13(14-3-5-15(18)6-4-14)11-16(21)20-12-17(2)7-9-19-10-8-17/h3-6,13,19H,7-12H2,1-2H3,(H,20,21). The molecular formula is C17H25BrN2O. The highest BCUT2D eigenvalue weighted by atomic mass is 79.9. The van der Waals surface area contributed by atoms with Gasteiger partial charge in [0.2, 0.25) is 5.91 Å². The van der Waals surface area contributed by atoms with Crippen LogP contribution in [0.5, 0.6) is 0 Å². The molecule has 2 N–H and O–H groups in total. The number of rotatable bonds is 5. The van der Waals surface area contributed by atoms with Gasteiger partial charge < -0.3 is 10.6 Å². The molecule has 1 aromatic rings. The second-order valence-corrected chi connectivity index (χ2v) is 7.41. The Bertz CT molecular complexity index is 466. The van der Waals surface area contributed by atoms with E-state index in [1.54, 1.807) is 0 Å². The van der Waals surface area contributed by atoms with Gasteiger partial charge in [0, 0.05) is 17.4 Å². The molecule has 0 aliphatic carbocycles. The normalized spacial score (nSPS) is 19.0. The van der Waals surface area contributed by atoms with Gasteiger partial charge in [0.1, 0.15) is 0 Å². The van der Waals surface area contributed by atoms with Crippen molar-refractivity contribution in [2.45, 2.75) is 39.0 Å². The molecule has 1 amide bonds. The Morgan fingerprint density at radius 1 is 1.33 bits per heavy atom. The summed E-state index contributed by atoms with van der Waals surface area (Å²) < 4.78 is 1.07. The van der Waals surface area contributed by atoms with Crippen LogP contribution in [-0.4, -0.2) is 25.5 Å². The first-order valence-electron chi connectivity index (χ1n) is 7.71. The minimum Gasteiger partial charge on any atom is -0.356 e. The summed E-state index contributed by atoms with van der Waals surface area (Å²) in [6.45, 7) is 7.28. The van der Waals surface area contributed by atoms with Gasteiger partial charge in [-0.25, -0.2) is 0 Å². The summed E-state index contributed by atoms with van der Waals surface area (Å²) >= 11 is 3.44. The summed E-state index contributed by atoms with van der Waals surface area (Å²) in [5.41, 5.74) is 1.46. The Kier molecular flexibility index (Phi) is 5.82. The number of nitrogens with one attached hydrogen (secondary N) is 2. The molecule has 21 heavy (non-hydrogen) atoms. The smallest absolute Gasteiger partial charge is 0.220 e. The second kappa shape index (κ2) is 7.41. The van der Waals surface area contributed by atoms with Gasteiger partial charge in [0.25, 0.3) is 0 Å². The molecule has 0 saturated carbocycles. The fraction of sp³-hybridized carbons (Fsp3) is 0.588. The van der Waals surface area contributed by atoms with Crippen LogP contribution < -0.4 is 10.6 Å². The predicted molar refractivity (Wildman–Crippen MR) is 90.4 cm³/mol. The molecule has 1 atom stereocenters. The van der Waals surface area contributed by atoms with Crippen LogP contribution >= 0.6 is 15.9 Å². The van der Waals surface area contributed by atoms with Gasteiger partial charge in [0.15, 0.2) is 0 Å². The lowest BCUT2D eigenvalue weighted by atomic mass is 9.81. The molecule has 2 rings (SSSR count). The number of hydrogen-bond acceptors (Lipinski definition) is 2. The van der Waals surface area contributed by atoms with Gasteiger partial charge in [-0.15, -0.1) is 0 Å². The lowest BCUT2D eigenvalue weighted by Crippen LogP contribution is -2.43. The van der Waals surface area contributed by atoms with Gasteiger partial charge in [-0.1, -0.05) is 41.9 Å². The van der Waals surface area contributed by atoms with E-state index in [1.807, 2.05) is 12.1 Å². The number of hydrogen-bond donors (Lipinski definition) is 2. The largest absolute Gasteiger partial charge is 0.356 e. The Hall–Kier alpha value is -0.870. The molecule has 0 spiro atoms. The van der Waals surface area contributed by atoms with Crippen molar-refractivity contribution in [2.24, 2.45) is 5.41 Å². The first-order chi connectivity index (χ1) is 9.98. The lowest BCUT2D eigenvalue weighted by Gasteiger charge is -2.34. The second-order valence-electron chi connectivity index (χ2n) is 6.49. The SMILES string of the molecule is CC(CC(=O)NCC1(C)CCNCC1)c1ccc(Br)cc1. The molecule has 0 aromatic heterocycles. The van der Waals surface area contributed by atoms with Crippen LogP contribution in [0, 0.1) is 5.41 Å². The number of halogens is 1. The van der Waals surface area contributed by atoms with Crippen LogP contribution in [-0.2, 0) is 4.79 Å². The van der Waals surface area contributed by atoms with Crippen LogP contribution in [0.4, 0.5) is 0 Å². The molecule has 3 nitrogen and oxygen atoms in total. The van der Waals surface area contributed by atoms with Crippen molar-refractivity contribution in [3.05, 3.63) is 34.3 Å². The van der Waals surface area contributed by atoms with Gasteiger partial charge >= 0.3 is 0 Å². The summed E-state index contributed by atoms with van der Waals surface area (Å²) in [6, 6.07) is 8.21. The average molecular weight is 353 g/mol. The minimum atomic E-state index is 0.158. The molecule has 4 heteroatoms. The van der Waals surface area contributed by atoms with Crippen molar-refractivity contribution in [1.29, 1.82) is 0 Å². The van der Waals surface area contributed by atoms with Crippen LogP contribution in [0.1, 0.15) is 44.6 Å². The maximum Gasteiger partial charge on any atom is 0.220 e. The van der Waals surface area contributed by atoms with Crippen LogP contribution in [0.3, 0.4) is 0 Å². The average Bonchev–Trinajstić information content (AvgIpc) is 2.47. The molecule has 1 aromatic carbocycles. The van der Waals surface area contributed by atoms with Crippen LogP contribution in [0.25, 0.3) is 0 Å². The fourth-order valence-electron chi connectivity index (χ4n) is 2.78. The monoisotopic (exact) mass is 352 g/mol. The molecule has 1 aliphatic rings. The van der Waals surface area contributed by atoms with E-state index in [2.05, 4.69) is 52.5 Å². The first-order valence-corrected chi connectivity index (χ1v) is 8.51. The van der Waals surface area contributed by atoms with E-state index < -0.39 is 0 Å². The predicted octanol–water partition coefficient (Wildman–Crippen LogP) is 3.45. The Labute approximate surface area is 136 Å². The molecule has 116 valence electrons. The molecule has 1 fully saturated rings. The van der Waals surface area contributed by atoms with E-state index in [0.29, 0.717) is 6.42 Å². The molecule has 0 bridgehead atoms. The molecule has 0 radical (unpaired) electrons. The quantitative estimate of drug-likeness (QED) is 0.851. The van der Waals surface area contributed by atoms with Crippen molar-refractivity contribution < 1.29 is 4.79 Å². The zero-order valence-electron chi connectivity index (χ0n) is 12.9. The highest BCUT2D eigenvalue weighted by Gasteiger charge is 2.27. The number of benzene rings is 1. The summed E-state index contributed by atoms with van der Waals surface area (Å²) in [5.74, 6) is 0.407. The van der Waals surface area contributed by atoms with Crippen molar-refractivity contribution >= 4 is 21.8 Å². The number of carbonyl (C=O) groups is 1. The molecule has 1 saturated heterocycles. The third kappa shape index (κ3) is 5.11. The summed E-state index contributed by atoms with van der Waals surface area (Å²) in [5, 5.41) is 6.50. The van der Waals surface area contributed by atoms with E-state index in [-0.39, 0.29) is 17.2 Å². The molecular weight excluding hydrogens is 328 g/mol. The van der Waals surface area contributed by atoms with Gasteiger partial charge in [-0.3, -0.25) is 4.79 Å². The van der Waals surface area contributed by atoms with Crippen molar-refractivity contribution in [2.75, 3.05) is 19.6 Å². The van der Waals surface area contributed by atoms with E-state index in [1.165, 1.54) is 5.56 Å². The third-order valence-corrected chi connectivity index (χ3v) is 4.98. The highest BCUT2D eigenvalue weighted by Crippen LogP contribution is 2.27. The number of carbonyl (C=O) groups excluding carboxylic acids is 1. The first kappa shape index (κ1) is 16.5. The van der Waals surface area contributed by atoms with Crippen LogP contribution in [0.2, 0.25) is 0 Å². The zero-order valence-corrected chi connectivity index (χ0v) is 14.5. The van der Waals surface area contributed by atoms with Crippen molar-refractivity contribution in [3.8, 4) is 0 Å². The molecule has 1 heterocycles. The number of amides is 1. The zero-order chi connectivity index (χ0) is 15.3. The van der Waals surface area contributed by atoms with E-state index >= 15 is 0 Å². The molecule has 1 aliphatic heterocycles. The minimum absolute atomic E-state index is 0.158.